The molecule has 1 atom stereocenters. The van der Waals surface area contributed by atoms with E-state index in [4.69, 9.17) is 4.74 Å². The maximum Gasteiger partial charge on any atom is 0.260 e. The lowest BCUT2D eigenvalue weighted by molar-refractivity contribution is -0.121. The zero-order valence-corrected chi connectivity index (χ0v) is 16.5. The normalized spacial score (nSPS) is 16.9. The maximum absolute atomic E-state index is 12.9. The number of aromatic nitrogens is 3. The molecule has 1 aliphatic heterocycles. The van der Waals surface area contributed by atoms with Crippen LogP contribution in [0.15, 0.2) is 30.5 Å². The van der Waals surface area contributed by atoms with Crippen LogP contribution >= 0.6 is 11.3 Å². The number of nitrogens with one attached hydrogen (secondary N) is 1. The number of hydrogen-bond acceptors (Lipinski definition) is 6. The lowest BCUT2D eigenvalue weighted by Crippen LogP contribution is -2.43. The predicted molar refractivity (Wildman–Crippen MR) is 107 cm³/mol. The molecule has 0 aliphatic carbocycles. The molecule has 4 rings (SSSR count). The van der Waals surface area contributed by atoms with Gasteiger partial charge in [-0.05, 0) is 25.0 Å². The summed E-state index contributed by atoms with van der Waals surface area (Å²) >= 11 is 1.45. The minimum absolute atomic E-state index is 0.102. The third kappa shape index (κ3) is 3.57. The van der Waals surface area contributed by atoms with Gasteiger partial charge in [-0.15, -0.1) is 5.10 Å². The van der Waals surface area contributed by atoms with Gasteiger partial charge in [0.25, 0.3) is 5.91 Å². The van der Waals surface area contributed by atoms with Crippen LogP contribution in [0.5, 0.6) is 5.88 Å². The molecule has 146 valence electrons. The lowest BCUT2D eigenvalue weighted by atomic mass is 9.96. The number of ether oxygens (including phenoxy) is 1. The van der Waals surface area contributed by atoms with Crippen LogP contribution in [0.3, 0.4) is 0 Å². The molecule has 0 bridgehead atoms. The van der Waals surface area contributed by atoms with Crippen LogP contribution in [0.25, 0.3) is 10.2 Å². The van der Waals surface area contributed by atoms with Crippen LogP contribution in [0, 0.1) is 5.92 Å². The molecule has 8 nitrogen and oxygen atoms in total. The first kappa shape index (κ1) is 18.4. The van der Waals surface area contributed by atoms with Gasteiger partial charge in [0, 0.05) is 26.3 Å². The zero-order valence-electron chi connectivity index (χ0n) is 15.7. The molecule has 0 radical (unpaired) electrons. The number of piperidine rings is 1. The number of amides is 2. The quantitative estimate of drug-likeness (QED) is 0.728. The van der Waals surface area contributed by atoms with E-state index in [0.717, 1.165) is 23.1 Å². The van der Waals surface area contributed by atoms with E-state index >= 15 is 0 Å². The number of fused-ring (bicyclic) bond motifs is 1. The summed E-state index contributed by atoms with van der Waals surface area (Å²) in [5.74, 6) is -0.238. The largest absolute Gasteiger partial charge is 0.479 e. The first-order valence-electron chi connectivity index (χ1n) is 9.08. The van der Waals surface area contributed by atoms with E-state index in [1.807, 2.05) is 24.3 Å². The van der Waals surface area contributed by atoms with Gasteiger partial charge in [-0.25, -0.2) is 4.98 Å². The van der Waals surface area contributed by atoms with Gasteiger partial charge in [0.1, 0.15) is 5.56 Å². The number of carbonyl (C=O) groups is 2. The summed E-state index contributed by atoms with van der Waals surface area (Å²) < 4.78 is 7.77. The van der Waals surface area contributed by atoms with Crippen molar-refractivity contribution >= 4 is 38.5 Å². The van der Waals surface area contributed by atoms with Crippen LogP contribution in [-0.4, -0.2) is 51.7 Å². The van der Waals surface area contributed by atoms with E-state index in [1.54, 1.807) is 22.8 Å². The number of aryl methyl sites for hydroxylation is 1. The standard InChI is InChI=1S/C19H21N5O3S/c1-23-11-13(17(22-23)27-2)18(26)24-9-5-6-12(10-24)16(25)21-19-20-14-7-3-4-8-15(14)28-19/h3-4,7-8,11-12H,5-6,9-10H2,1-2H3,(H,20,21,25). The summed E-state index contributed by atoms with van der Waals surface area (Å²) in [6.07, 6.45) is 3.16. The molecule has 2 aromatic heterocycles. The highest BCUT2D eigenvalue weighted by Gasteiger charge is 2.31. The molecule has 0 saturated carbocycles. The van der Waals surface area contributed by atoms with Crippen molar-refractivity contribution in [2.45, 2.75) is 12.8 Å². The van der Waals surface area contributed by atoms with Crippen LogP contribution in [-0.2, 0) is 11.8 Å². The minimum Gasteiger partial charge on any atom is -0.479 e. The van der Waals surface area contributed by atoms with Crippen molar-refractivity contribution in [3.8, 4) is 5.88 Å². The zero-order chi connectivity index (χ0) is 19.7. The summed E-state index contributed by atoms with van der Waals surface area (Å²) in [6.45, 7) is 0.982. The molecule has 3 aromatic rings. The summed E-state index contributed by atoms with van der Waals surface area (Å²) in [5, 5.41) is 7.64. The number of rotatable bonds is 4. The van der Waals surface area contributed by atoms with E-state index in [1.165, 1.54) is 18.4 Å². The fraction of sp³-hybridized carbons (Fsp3) is 0.368. The number of likely N-dealkylation sites (tertiary alicyclic amines) is 1. The average molecular weight is 399 g/mol. The minimum atomic E-state index is -0.271. The first-order valence-corrected chi connectivity index (χ1v) is 9.90. The second-order valence-corrected chi connectivity index (χ2v) is 7.82. The molecule has 1 fully saturated rings. The second kappa shape index (κ2) is 7.59. The van der Waals surface area contributed by atoms with Gasteiger partial charge >= 0.3 is 0 Å². The third-order valence-corrected chi connectivity index (χ3v) is 5.77. The number of carbonyl (C=O) groups excluding carboxylic acids is 2. The van der Waals surface area contributed by atoms with Crippen molar-refractivity contribution in [1.29, 1.82) is 0 Å². The van der Waals surface area contributed by atoms with Crippen LogP contribution in [0.2, 0.25) is 0 Å². The fourth-order valence-electron chi connectivity index (χ4n) is 3.44. The van der Waals surface area contributed by atoms with Crippen molar-refractivity contribution in [3.63, 3.8) is 0 Å². The molecule has 1 aromatic carbocycles. The summed E-state index contributed by atoms with van der Waals surface area (Å²) in [5.41, 5.74) is 1.28. The van der Waals surface area contributed by atoms with Crippen molar-refractivity contribution in [3.05, 3.63) is 36.0 Å². The molecule has 1 unspecified atom stereocenters. The van der Waals surface area contributed by atoms with Gasteiger partial charge in [-0.3, -0.25) is 14.3 Å². The number of thiazole rings is 1. The Hall–Kier alpha value is -2.94. The molecule has 9 heteroatoms. The van der Waals surface area contributed by atoms with Crippen LogP contribution < -0.4 is 10.1 Å². The number of anilines is 1. The van der Waals surface area contributed by atoms with Crippen LogP contribution in [0.4, 0.5) is 5.13 Å². The Bertz CT molecular complexity index is 995. The SMILES string of the molecule is COc1nn(C)cc1C(=O)N1CCCC(C(=O)Nc2nc3ccccc3s2)C1. The Morgan fingerprint density at radius 1 is 1.32 bits per heavy atom. The van der Waals surface area contributed by atoms with Gasteiger partial charge < -0.3 is 15.0 Å². The first-order chi connectivity index (χ1) is 13.5. The highest BCUT2D eigenvalue weighted by Crippen LogP contribution is 2.27. The summed E-state index contributed by atoms with van der Waals surface area (Å²) in [4.78, 5) is 31.8. The Morgan fingerprint density at radius 2 is 2.14 bits per heavy atom. The monoisotopic (exact) mass is 399 g/mol. The van der Waals surface area contributed by atoms with E-state index in [9.17, 15) is 9.59 Å². The van der Waals surface area contributed by atoms with Crippen molar-refractivity contribution in [1.82, 2.24) is 19.7 Å². The Balaban J connectivity index is 1.45. The Labute approximate surface area is 166 Å². The predicted octanol–water partition coefficient (Wildman–Crippen LogP) is 2.53. The van der Waals surface area contributed by atoms with Gasteiger partial charge in [0.15, 0.2) is 5.13 Å². The molecule has 3 heterocycles. The molecule has 0 spiro atoms. The Kier molecular flexibility index (Phi) is 4.99. The van der Waals surface area contributed by atoms with E-state index < -0.39 is 0 Å². The summed E-state index contributed by atoms with van der Waals surface area (Å²) in [7, 11) is 3.23. The van der Waals surface area contributed by atoms with Crippen molar-refractivity contribution < 1.29 is 14.3 Å². The number of methoxy groups -OCH3 is 1. The summed E-state index contributed by atoms with van der Waals surface area (Å²) in [6, 6.07) is 7.77. The average Bonchev–Trinajstić information content (AvgIpc) is 3.29. The van der Waals surface area contributed by atoms with Gasteiger partial charge in [-0.2, -0.15) is 0 Å². The van der Waals surface area contributed by atoms with Gasteiger partial charge in [-0.1, -0.05) is 23.5 Å². The second-order valence-electron chi connectivity index (χ2n) is 6.79. The van der Waals surface area contributed by atoms with E-state index in [0.29, 0.717) is 29.7 Å². The van der Waals surface area contributed by atoms with Crippen LogP contribution in [0.1, 0.15) is 23.2 Å². The lowest BCUT2D eigenvalue weighted by Gasteiger charge is -2.31. The molecule has 1 N–H and O–H groups in total. The number of para-hydroxylation sites is 1. The molecule has 2 amide bonds. The molecular formula is C19H21N5O3S. The highest BCUT2D eigenvalue weighted by atomic mass is 32.1. The number of benzene rings is 1. The topological polar surface area (TPSA) is 89.4 Å². The van der Waals surface area contributed by atoms with E-state index in [2.05, 4.69) is 15.4 Å². The number of nitrogens with zero attached hydrogens (tertiary/aromatic N) is 4. The van der Waals surface area contributed by atoms with Gasteiger partial charge in [0.2, 0.25) is 11.8 Å². The van der Waals surface area contributed by atoms with Crippen molar-refractivity contribution in [2.75, 3.05) is 25.5 Å². The third-order valence-electron chi connectivity index (χ3n) is 4.82. The highest BCUT2D eigenvalue weighted by molar-refractivity contribution is 7.22. The smallest absolute Gasteiger partial charge is 0.260 e. The fourth-order valence-corrected chi connectivity index (χ4v) is 4.31. The molecular weight excluding hydrogens is 378 g/mol. The Morgan fingerprint density at radius 3 is 2.93 bits per heavy atom. The molecule has 1 saturated heterocycles. The van der Waals surface area contributed by atoms with E-state index in [-0.39, 0.29) is 17.7 Å². The van der Waals surface area contributed by atoms with Gasteiger partial charge in [0.05, 0.1) is 23.2 Å². The molecule has 28 heavy (non-hydrogen) atoms. The van der Waals surface area contributed by atoms with Crippen molar-refractivity contribution in [2.24, 2.45) is 13.0 Å². The number of hydrogen-bond donors (Lipinski definition) is 1. The molecule has 1 aliphatic rings. The maximum atomic E-state index is 12.9.